The van der Waals surface area contributed by atoms with E-state index in [2.05, 4.69) is 30.4 Å². The predicted molar refractivity (Wildman–Crippen MR) is 53.4 cm³/mol. The summed E-state index contributed by atoms with van der Waals surface area (Å²) in [5, 5.41) is 0. The molecule has 1 heterocycles. The lowest BCUT2D eigenvalue weighted by Gasteiger charge is -2.32. The molecule has 0 aliphatic carbocycles. The first kappa shape index (κ1) is 9.75. The number of rotatable bonds is 3. The van der Waals surface area contributed by atoms with Gasteiger partial charge < -0.3 is 4.90 Å². The first-order chi connectivity index (χ1) is 5.72. The molecule has 70 valence electrons. The molecule has 0 unspecified atom stereocenters. The van der Waals surface area contributed by atoms with Crippen LogP contribution in [-0.4, -0.2) is 49.6 Å². The first-order valence-electron chi connectivity index (χ1n) is 4.80. The van der Waals surface area contributed by atoms with Crippen LogP contribution in [-0.2, 0) is 0 Å². The third kappa shape index (κ3) is 2.95. The molecular formula is C10H20N2. The Morgan fingerprint density at radius 2 is 1.83 bits per heavy atom. The molecule has 0 N–H and O–H groups in total. The summed E-state index contributed by atoms with van der Waals surface area (Å²) in [6, 6.07) is 0. The zero-order chi connectivity index (χ0) is 8.97. The number of piperazine rings is 1. The Bertz CT molecular complexity index is 146. The van der Waals surface area contributed by atoms with Gasteiger partial charge in [-0.25, -0.2) is 0 Å². The van der Waals surface area contributed by atoms with E-state index >= 15 is 0 Å². The van der Waals surface area contributed by atoms with Gasteiger partial charge in [0.15, 0.2) is 0 Å². The van der Waals surface area contributed by atoms with Crippen molar-refractivity contribution in [2.45, 2.75) is 13.3 Å². The largest absolute Gasteiger partial charge is 0.304 e. The smallest absolute Gasteiger partial charge is 0.0191 e. The van der Waals surface area contributed by atoms with Crippen molar-refractivity contribution in [3.63, 3.8) is 0 Å². The van der Waals surface area contributed by atoms with Crippen LogP contribution >= 0.6 is 0 Å². The fourth-order valence-corrected chi connectivity index (χ4v) is 1.43. The molecule has 0 aromatic heterocycles. The molecule has 0 bridgehead atoms. The van der Waals surface area contributed by atoms with Crippen molar-refractivity contribution in [3.05, 3.63) is 12.2 Å². The second kappa shape index (κ2) is 4.63. The SMILES string of the molecule is C=C(CC)CN1CCN(C)CC1. The van der Waals surface area contributed by atoms with Crippen LogP contribution in [0.15, 0.2) is 12.2 Å². The monoisotopic (exact) mass is 168 g/mol. The van der Waals surface area contributed by atoms with Crippen LogP contribution in [0.25, 0.3) is 0 Å². The first-order valence-corrected chi connectivity index (χ1v) is 4.80. The zero-order valence-corrected chi connectivity index (χ0v) is 8.34. The van der Waals surface area contributed by atoms with Gasteiger partial charge in [0.2, 0.25) is 0 Å². The summed E-state index contributed by atoms with van der Waals surface area (Å²) in [7, 11) is 2.19. The fraction of sp³-hybridized carbons (Fsp3) is 0.800. The van der Waals surface area contributed by atoms with Crippen molar-refractivity contribution < 1.29 is 0 Å². The van der Waals surface area contributed by atoms with E-state index in [1.807, 2.05) is 0 Å². The molecule has 0 atom stereocenters. The second-order valence-corrected chi connectivity index (χ2v) is 3.68. The lowest BCUT2D eigenvalue weighted by Crippen LogP contribution is -2.44. The van der Waals surface area contributed by atoms with Crippen LogP contribution in [0.3, 0.4) is 0 Å². The van der Waals surface area contributed by atoms with E-state index < -0.39 is 0 Å². The van der Waals surface area contributed by atoms with Gasteiger partial charge in [-0.3, -0.25) is 4.90 Å². The van der Waals surface area contributed by atoms with E-state index in [9.17, 15) is 0 Å². The van der Waals surface area contributed by atoms with E-state index in [4.69, 9.17) is 0 Å². The maximum atomic E-state index is 4.03. The molecule has 0 aromatic carbocycles. The quantitative estimate of drug-likeness (QED) is 0.584. The van der Waals surface area contributed by atoms with Crippen molar-refractivity contribution in [1.29, 1.82) is 0 Å². The average molecular weight is 168 g/mol. The molecule has 0 amide bonds. The highest BCUT2D eigenvalue weighted by Gasteiger charge is 2.13. The molecule has 1 aliphatic rings. The summed E-state index contributed by atoms with van der Waals surface area (Å²) in [5.74, 6) is 0. The van der Waals surface area contributed by atoms with E-state index in [1.54, 1.807) is 0 Å². The predicted octanol–water partition coefficient (Wildman–Crippen LogP) is 1.20. The van der Waals surface area contributed by atoms with Crippen molar-refractivity contribution in [1.82, 2.24) is 9.80 Å². The van der Waals surface area contributed by atoms with Crippen LogP contribution < -0.4 is 0 Å². The van der Waals surface area contributed by atoms with Gasteiger partial charge in [-0.05, 0) is 13.5 Å². The summed E-state index contributed by atoms with van der Waals surface area (Å²) in [4.78, 5) is 4.87. The zero-order valence-electron chi connectivity index (χ0n) is 8.34. The topological polar surface area (TPSA) is 6.48 Å². The van der Waals surface area contributed by atoms with Gasteiger partial charge in [0.1, 0.15) is 0 Å². The Morgan fingerprint density at radius 1 is 1.25 bits per heavy atom. The Balaban J connectivity index is 2.21. The third-order valence-electron chi connectivity index (χ3n) is 2.54. The minimum absolute atomic E-state index is 1.10. The lowest BCUT2D eigenvalue weighted by molar-refractivity contribution is 0.163. The molecular weight excluding hydrogens is 148 g/mol. The Kier molecular flexibility index (Phi) is 3.76. The highest BCUT2D eigenvalue weighted by atomic mass is 15.2. The number of hydrogen-bond donors (Lipinski definition) is 0. The highest BCUT2D eigenvalue weighted by molar-refractivity contribution is 4.96. The molecule has 0 saturated carbocycles. The average Bonchev–Trinajstić information content (AvgIpc) is 2.09. The van der Waals surface area contributed by atoms with Gasteiger partial charge in [0.05, 0.1) is 0 Å². The molecule has 0 spiro atoms. The van der Waals surface area contributed by atoms with Crippen LogP contribution in [0.4, 0.5) is 0 Å². The molecule has 0 radical (unpaired) electrons. The number of hydrogen-bond acceptors (Lipinski definition) is 2. The molecule has 2 nitrogen and oxygen atoms in total. The second-order valence-electron chi connectivity index (χ2n) is 3.68. The highest BCUT2D eigenvalue weighted by Crippen LogP contribution is 2.04. The number of likely N-dealkylation sites (N-methyl/N-ethyl adjacent to an activating group) is 1. The van der Waals surface area contributed by atoms with Crippen LogP contribution in [0.2, 0.25) is 0 Å². The van der Waals surface area contributed by atoms with E-state index in [0.29, 0.717) is 0 Å². The standard InChI is InChI=1S/C10H20N2/c1-4-10(2)9-12-7-5-11(3)6-8-12/h2,4-9H2,1,3H3. The van der Waals surface area contributed by atoms with Gasteiger partial charge in [-0.15, -0.1) is 0 Å². The van der Waals surface area contributed by atoms with E-state index in [0.717, 1.165) is 13.0 Å². The van der Waals surface area contributed by atoms with E-state index in [-0.39, 0.29) is 0 Å². The lowest BCUT2D eigenvalue weighted by atomic mass is 10.2. The molecule has 0 aromatic rings. The molecule has 1 rings (SSSR count). The normalized spacial score (nSPS) is 21.2. The molecule has 1 fully saturated rings. The van der Waals surface area contributed by atoms with Crippen LogP contribution in [0, 0.1) is 0 Å². The van der Waals surface area contributed by atoms with E-state index in [1.165, 1.54) is 31.8 Å². The molecule has 1 aliphatic heterocycles. The maximum Gasteiger partial charge on any atom is 0.0191 e. The van der Waals surface area contributed by atoms with Gasteiger partial charge in [-0.2, -0.15) is 0 Å². The summed E-state index contributed by atoms with van der Waals surface area (Å²) >= 11 is 0. The number of nitrogens with zero attached hydrogens (tertiary/aromatic N) is 2. The van der Waals surface area contributed by atoms with Crippen molar-refractivity contribution in [2.75, 3.05) is 39.8 Å². The summed E-state index contributed by atoms with van der Waals surface area (Å²) in [6.45, 7) is 12.1. The van der Waals surface area contributed by atoms with Gasteiger partial charge >= 0.3 is 0 Å². The van der Waals surface area contributed by atoms with Crippen molar-refractivity contribution in [2.24, 2.45) is 0 Å². The minimum Gasteiger partial charge on any atom is -0.304 e. The van der Waals surface area contributed by atoms with Crippen molar-refractivity contribution >= 4 is 0 Å². The Labute approximate surface area is 75.8 Å². The molecule has 2 heteroatoms. The molecule has 12 heavy (non-hydrogen) atoms. The maximum absolute atomic E-state index is 4.03. The summed E-state index contributed by atoms with van der Waals surface area (Å²) in [5.41, 5.74) is 1.36. The van der Waals surface area contributed by atoms with Gasteiger partial charge in [-0.1, -0.05) is 19.1 Å². The molecule has 1 saturated heterocycles. The summed E-state index contributed by atoms with van der Waals surface area (Å²) in [6.07, 6.45) is 1.12. The Hall–Kier alpha value is -0.340. The summed E-state index contributed by atoms with van der Waals surface area (Å²) < 4.78 is 0. The van der Waals surface area contributed by atoms with Crippen molar-refractivity contribution in [3.8, 4) is 0 Å². The van der Waals surface area contributed by atoms with Crippen LogP contribution in [0.5, 0.6) is 0 Å². The minimum atomic E-state index is 1.10. The Morgan fingerprint density at radius 3 is 2.33 bits per heavy atom. The fourth-order valence-electron chi connectivity index (χ4n) is 1.43. The van der Waals surface area contributed by atoms with Crippen LogP contribution in [0.1, 0.15) is 13.3 Å². The van der Waals surface area contributed by atoms with Gasteiger partial charge in [0, 0.05) is 32.7 Å². The third-order valence-corrected chi connectivity index (χ3v) is 2.54. The van der Waals surface area contributed by atoms with Gasteiger partial charge in [0.25, 0.3) is 0 Å².